The van der Waals surface area contributed by atoms with E-state index in [1.165, 1.54) is 0 Å². The zero-order valence-electron chi connectivity index (χ0n) is 19.6. The molecular weight excluding hydrogens is 356 g/mol. The van der Waals surface area contributed by atoms with Crippen LogP contribution < -0.4 is 0 Å². The first-order valence-corrected chi connectivity index (χ1v) is 11.2. The third-order valence-corrected chi connectivity index (χ3v) is 6.01. The first kappa shape index (κ1) is 23.9. The molecule has 1 radical (unpaired) electrons. The fraction of sp³-hybridized carbons (Fsp3) is 0.615. The van der Waals surface area contributed by atoms with Crippen LogP contribution in [0.4, 0.5) is 4.39 Å². The molecule has 4 atom stereocenters. The zero-order chi connectivity index (χ0) is 21.8. The predicted octanol–water partition coefficient (Wildman–Crippen LogP) is 6.89. The molecule has 1 aromatic carbocycles. The highest BCUT2D eigenvalue weighted by Gasteiger charge is 2.34. The summed E-state index contributed by atoms with van der Waals surface area (Å²) in [5, 5.41) is 0. The van der Waals surface area contributed by atoms with Gasteiger partial charge in [-0.3, -0.25) is 0 Å². The zero-order valence-corrected chi connectivity index (χ0v) is 19.6. The highest BCUT2D eigenvalue weighted by molar-refractivity contribution is 6.38. The molecule has 0 N–H and O–H groups in total. The molecule has 0 spiro atoms. The van der Waals surface area contributed by atoms with Crippen LogP contribution in [0.15, 0.2) is 43.0 Å². The molecule has 1 aliphatic rings. The second kappa shape index (κ2) is 10.1. The Kier molecular flexibility index (Phi) is 8.34. The lowest BCUT2D eigenvalue weighted by atomic mass is 9.55. The molecule has 0 amide bonds. The van der Waals surface area contributed by atoms with Crippen LogP contribution in [0, 0.1) is 29.0 Å². The van der Waals surface area contributed by atoms with Crippen molar-refractivity contribution in [1.29, 1.82) is 0 Å². The maximum absolute atomic E-state index is 14.5. The SMILES string of the molecule is C=CC1C=CC(C)C(c2cc(F)cc(CCC(C)C)c2)N(C)C1[B]CC(C)(C)C. The Labute approximate surface area is 179 Å². The summed E-state index contributed by atoms with van der Waals surface area (Å²) in [5.41, 5.74) is 2.44. The van der Waals surface area contributed by atoms with Gasteiger partial charge in [0.1, 0.15) is 13.1 Å². The number of nitrogens with zero attached hydrogens (tertiary/aromatic N) is 1. The first-order valence-electron chi connectivity index (χ1n) is 11.2. The Bertz CT molecular complexity index is 703. The molecule has 0 aromatic heterocycles. The van der Waals surface area contributed by atoms with Gasteiger partial charge in [0.2, 0.25) is 0 Å². The van der Waals surface area contributed by atoms with Gasteiger partial charge in [0.05, 0.1) is 0 Å². The van der Waals surface area contributed by atoms with Gasteiger partial charge < -0.3 is 4.90 Å². The van der Waals surface area contributed by atoms with Crippen molar-refractivity contribution in [1.82, 2.24) is 4.90 Å². The van der Waals surface area contributed by atoms with E-state index < -0.39 is 0 Å². The van der Waals surface area contributed by atoms with Crippen LogP contribution in [0.25, 0.3) is 0 Å². The smallest absolute Gasteiger partial charge is 0.134 e. The van der Waals surface area contributed by atoms with Gasteiger partial charge in [0, 0.05) is 12.0 Å². The molecule has 0 bridgehead atoms. The number of halogens is 1. The molecule has 0 saturated heterocycles. The van der Waals surface area contributed by atoms with E-state index in [2.05, 4.69) is 85.6 Å². The first-order chi connectivity index (χ1) is 13.5. The average molecular weight is 396 g/mol. The third-order valence-electron chi connectivity index (χ3n) is 6.01. The van der Waals surface area contributed by atoms with Crippen molar-refractivity contribution < 1.29 is 4.39 Å². The Balaban J connectivity index is 2.36. The highest BCUT2D eigenvalue weighted by Crippen LogP contribution is 2.37. The molecule has 29 heavy (non-hydrogen) atoms. The Hall–Kier alpha value is -1.35. The van der Waals surface area contributed by atoms with Gasteiger partial charge >= 0.3 is 0 Å². The van der Waals surface area contributed by atoms with Crippen molar-refractivity contribution in [2.45, 2.75) is 72.7 Å². The maximum atomic E-state index is 14.5. The summed E-state index contributed by atoms with van der Waals surface area (Å²) < 4.78 is 14.5. The summed E-state index contributed by atoms with van der Waals surface area (Å²) >= 11 is 0. The molecule has 3 heteroatoms. The van der Waals surface area contributed by atoms with Crippen LogP contribution in [0.1, 0.15) is 65.1 Å². The van der Waals surface area contributed by atoms with Gasteiger partial charge in [0.25, 0.3) is 0 Å². The second-order valence-corrected chi connectivity index (χ2v) is 10.5. The minimum Gasteiger partial charge on any atom is -0.303 e. The lowest BCUT2D eigenvalue weighted by Crippen LogP contribution is -2.44. The topological polar surface area (TPSA) is 3.24 Å². The van der Waals surface area contributed by atoms with Crippen LogP contribution in [0.2, 0.25) is 6.32 Å². The van der Waals surface area contributed by atoms with E-state index in [0.717, 1.165) is 30.3 Å². The van der Waals surface area contributed by atoms with E-state index in [4.69, 9.17) is 0 Å². The summed E-state index contributed by atoms with van der Waals surface area (Å²) in [4.78, 5) is 2.43. The normalized spacial score (nSPS) is 25.8. The molecule has 1 aromatic rings. The lowest BCUT2D eigenvalue weighted by Gasteiger charge is -2.39. The van der Waals surface area contributed by atoms with Crippen LogP contribution in [-0.2, 0) is 6.42 Å². The number of rotatable bonds is 7. The quantitative estimate of drug-likeness (QED) is 0.358. The molecule has 0 fully saturated rings. The summed E-state index contributed by atoms with van der Waals surface area (Å²) in [6.45, 7) is 17.6. The van der Waals surface area contributed by atoms with E-state index in [1.54, 1.807) is 12.1 Å². The molecular formula is C26H40BFN. The van der Waals surface area contributed by atoms with Crippen LogP contribution in [0.3, 0.4) is 0 Å². The standard InChI is InChI=1S/C26H40BFN/c1-9-21-13-11-19(4)24(29(8)25(21)27-17-26(5,6)7)22-14-20(12-10-18(2)3)15-23(28)16-22/h9,11,13-16,18-19,21,24-25H,1,10,12,17H2,2-8H3. The molecule has 2 rings (SSSR count). The number of benzene rings is 1. The highest BCUT2D eigenvalue weighted by atomic mass is 19.1. The fourth-order valence-corrected chi connectivity index (χ4v) is 4.35. The van der Waals surface area contributed by atoms with Crippen molar-refractivity contribution in [3.05, 3.63) is 60.0 Å². The number of hydrogen-bond donors (Lipinski definition) is 0. The molecule has 4 unspecified atom stereocenters. The van der Waals surface area contributed by atoms with Gasteiger partial charge in [-0.25, -0.2) is 4.39 Å². The van der Waals surface area contributed by atoms with Gasteiger partial charge in [-0.1, -0.05) is 72.2 Å². The van der Waals surface area contributed by atoms with Crippen LogP contribution in [0.5, 0.6) is 0 Å². The summed E-state index contributed by atoms with van der Waals surface area (Å²) in [5.74, 6) is 1.32. The lowest BCUT2D eigenvalue weighted by molar-refractivity contribution is 0.179. The molecule has 0 aliphatic carbocycles. The van der Waals surface area contributed by atoms with E-state index in [1.807, 2.05) is 6.08 Å². The van der Waals surface area contributed by atoms with Gasteiger partial charge in [-0.15, -0.1) is 6.58 Å². The van der Waals surface area contributed by atoms with E-state index in [9.17, 15) is 4.39 Å². The van der Waals surface area contributed by atoms with Crippen molar-refractivity contribution >= 4 is 7.28 Å². The summed E-state index contributed by atoms with van der Waals surface area (Å²) in [6.07, 6.45) is 9.67. The molecule has 1 aliphatic heterocycles. The van der Waals surface area contributed by atoms with Gasteiger partial charge in [-0.05, 0) is 66.3 Å². The molecule has 0 saturated carbocycles. The van der Waals surface area contributed by atoms with Crippen molar-refractivity contribution in [3.63, 3.8) is 0 Å². The number of aryl methyl sites for hydroxylation is 1. The summed E-state index contributed by atoms with van der Waals surface area (Å²) in [6, 6.07) is 5.82. The molecule has 1 heterocycles. The van der Waals surface area contributed by atoms with Gasteiger partial charge in [0.15, 0.2) is 0 Å². The second-order valence-electron chi connectivity index (χ2n) is 10.5. The minimum absolute atomic E-state index is 0.120. The maximum Gasteiger partial charge on any atom is 0.134 e. The van der Waals surface area contributed by atoms with Crippen LogP contribution >= 0.6 is 0 Å². The fourth-order valence-electron chi connectivity index (χ4n) is 4.35. The summed E-state index contributed by atoms with van der Waals surface area (Å²) in [7, 11) is 4.62. The Morgan fingerprint density at radius 1 is 1.21 bits per heavy atom. The van der Waals surface area contributed by atoms with Crippen LogP contribution in [-0.4, -0.2) is 25.2 Å². The van der Waals surface area contributed by atoms with Gasteiger partial charge in [-0.2, -0.15) is 0 Å². The third kappa shape index (κ3) is 6.84. The monoisotopic (exact) mass is 396 g/mol. The Morgan fingerprint density at radius 2 is 1.90 bits per heavy atom. The average Bonchev–Trinajstić information content (AvgIpc) is 2.72. The van der Waals surface area contributed by atoms with E-state index >= 15 is 0 Å². The predicted molar refractivity (Wildman–Crippen MR) is 126 cm³/mol. The van der Waals surface area contributed by atoms with E-state index in [0.29, 0.717) is 11.8 Å². The van der Waals surface area contributed by atoms with Crippen molar-refractivity contribution in [2.75, 3.05) is 7.05 Å². The minimum atomic E-state index is -0.120. The molecule has 159 valence electrons. The molecule has 1 nitrogen and oxygen atoms in total. The largest absolute Gasteiger partial charge is 0.303 e. The Morgan fingerprint density at radius 3 is 2.48 bits per heavy atom. The van der Waals surface area contributed by atoms with Crippen molar-refractivity contribution in [3.8, 4) is 0 Å². The number of hydrogen-bond acceptors (Lipinski definition) is 1. The van der Waals surface area contributed by atoms with Crippen molar-refractivity contribution in [2.24, 2.45) is 23.2 Å². The van der Waals surface area contributed by atoms with E-state index in [-0.39, 0.29) is 29.1 Å².